The summed E-state index contributed by atoms with van der Waals surface area (Å²) in [6, 6.07) is 6.74. The van der Waals surface area contributed by atoms with Gasteiger partial charge in [0.15, 0.2) is 0 Å². The van der Waals surface area contributed by atoms with Crippen LogP contribution in [-0.2, 0) is 11.5 Å². The zero-order valence-electron chi connectivity index (χ0n) is 13.4. The number of rotatable bonds is 7. The molecule has 0 fully saturated rings. The highest BCUT2D eigenvalue weighted by Crippen LogP contribution is 2.42. The van der Waals surface area contributed by atoms with Gasteiger partial charge < -0.3 is 0 Å². The van der Waals surface area contributed by atoms with Crippen LogP contribution in [-0.4, -0.2) is 4.75 Å². The monoisotopic (exact) mass is 328 g/mol. The summed E-state index contributed by atoms with van der Waals surface area (Å²) in [5, 5.41) is 0. The largest absolute Gasteiger partial charge is 0.175 e. The van der Waals surface area contributed by atoms with Gasteiger partial charge in [-0.3, -0.25) is 0 Å². The van der Waals surface area contributed by atoms with Crippen molar-refractivity contribution in [1.29, 1.82) is 0 Å². The maximum Gasteiger partial charge on any atom is 0.0156 e. The smallest absolute Gasteiger partial charge is 0.0156 e. The second kappa shape index (κ2) is 7.51. The third kappa shape index (κ3) is 5.95. The van der Waals surface area contributed by atoms with Crippen LogP contribution in [0.5, 0.6) is 0 Å². The predicted octanol–water partition coefficient (Wildman–Crippen LogP) is 6.24. The average Bonchev–Trinajstić information content (AvgIpc) is 2.36. The van der Waals surface area contributed by atoms with Crippen LogP contribution in [0.2, 0.25) is 0 Å². The number of thiol groups is 2. The molecule has 0 aromatic heterocycles. The quantitative estimate of drug-likeness (QED) is 0.441. The SMILES string of the molecule is CCC(C)(C)CC(C)(C)Sc1cc(CS)cc(CS)c1. The summed E-state index contributed by atoms with van der Waals surface area (Å²) in [5.74, 6) is 1.58. The van der Waals surface area contributed by atoms with E-state index in [0.717, 1.165) is 11.5 Å². The molecule has 0 atom stereocenters. The molecule has 0 aliphatic carbocycles. The fourth-order valence-electron chi connectivity index (χ4n) is 2.60. The van der Waals surface area contributed by atoms with Gasteiger partial charge in [-0.15, -0.1) is 11.8 Å². The number of hydrogen-bond acceptors (Lipinski definition) is 3. The van der Waals surface area contributed by atoms with E-state index >= 15 is 0 Å². The summed E-state index contributed by atoms with van der Waals surface area (Å²) >= 11 is 10.8. The van der Waals surface area contributed by atoms with Crippen LogP contribution in [0.15, 0.2) is 23.1 Å². The molecule has 0 unspecified atom stereocenters. The Morgan fingerprint density at radius 2 is 1.45 bits per heavy atom. The minimum absolute atomic E-state index is 0.239. The van der Waals surface area contributed by atoms with E-state index in [4.69, 9.17) is 0 Å². The van der Waals surface area contributed by atoms with E-state index in [1.165, 1.54) is 28.9 Å². The van der Waals surface area contributed by atoms with Crippen molar-refractivity contribution in [3.63, 3.8) is 0 Å². The fourth-order valence-corrected chi connectivity index (χ4v) is 4.49. The fraction of sp³-hybridized carbons (Fsp3) is 0.647. The first-order valence-corrected chi connectivity index (χ1v) is 9.33. The Morgan fingerprint density at radius 1 is 0.950 bits per heavy atom. The van der Waals surface area contributed by atoms with Crippen molar-refractivity contribution in [2.45, 2.75) is 68.6 Å². The third-order valence-corrected chi connectivity index (χ3v) is 5.55. The Balaban J connectivity index is 2.91. The lowest BCUT2D eigenvalue weighted by molar-refractivity contribution is 0.292. The number of benzene rings is 1. The van der Waals surface area contributed by atoms with Gasteiger partial charge in [-0.2, -0.15) is 25.3 Å². The standard InChI is InChI=1S/C17H28S3/c1-6-16(2,3)12-17(4,5)20-15-8-13(10-18)7-14(9-15)11-19/h7-9,18-19H,6,10-12H2,1-5H3. The maximum absolute atomic E-state index is 4.40. The van der Waals surface area contributed by atoms with Crippen LogP contribution in [0, 0.1) is 5.41 Å². The van der Waals surface area contributed by atoms with Gasteiger partial charge in [-0.25, -0.2) is 0 Å². The average molecular weight is 329 g/mol. The normalized spacial score (nSPS) is 12.8. The van der Waals surface area contributed by atoms with E-state index in [2.05, 4.69) is 78.1 Å². The highest BCUT2D eigenvalue weighted by atomic mass is 32.2. The van der Waals surface area contributed by atoms with Crippen LogP contribution in [0.1, 0.15) is 58.6 Å². The zero-order chi connectivity index (χ0) is 15.4. The minimum atomic E-state index is 0.239. The van der Waals surface area contributed by atoms with Crippen molar-refractivity contribution in [3.8, 4) is 0 Å². The molecule has 0 saturated heterocycles. The molecule has 1 aromatic rings. The molecule has 0 saturated carbocycles. The Kier molecular flexibility index (Phi) is 6.88. The van der Waals surface area contributed by atoms with Gasteiger partial charge in [0.05, 0.1) is 0 Å². The van der Waals surface area contributed by atoms with E-state index < -0.39 is 0 Å². The van der Waals surface area contributed by atoms with Gasteiger partial charge in [0.2, 0.25) is 0 Å². The first-order valence-electron chi connectivity index (χ1n) is 7.25. The molecule has 1 rings (SSSR count). The molecular formula is C17H28S3. The first kappa shape index (κ1) is 18.3. The third-order valence-electron chi connectivity index (χ3n) is 3.65. The second-order valence-corrected chi connectivity index (χ2v) is 9.27. The maximum atomic E-state index is 4.40. The summed E-state index contributed by atoms with van der Waals surface area (Å²) < 4.78 is 0.239. The van der Waals surface area contributed by atoms with Crippen molar-refractivity contribution >= 4 is 37.0 Å². The summed E-state index contributed by atoms with van der Waals surface area (Å²) in [5.41, 5.74) is 2.96. The van der Waals surface area contributed by atoms with Crippen LogP contribution < -0.4 is 0 Å². The van der Waals surface area contributed by atoms with Crippen LogP contribution >= 0.6 is 37.0 Å². The summed E-state index contributed by atoms with van der Waals surface area (Å²) in [4.78, 5) is 1.34. The molecule has 0 radical (unpaired) electrons. The van der Waals surface area contributed by atoms with Gasteiger partial charge in [0.1, 0.15) is 0 Å². The van der Waals surface area contributed by atoms with Crippen molar-refractivity contribution in [1.82, 2.24) is 0 Å². The number of hydrogen-bond donors (Lipinski definition) is 2. The second-order valence-electron chi connectivity index (χ2n) is 6.86. The Hall–Kier alpha value is 0.270. The van der Waals surface area contributed by atoms with Gasteiger partial charge in [0.25, 0.3) is 0 Å². The molecule has 0 spiro atoms. The number of thioether (sulfide) groups is 1. The summed E-state index contributed by atoms with van der Waals surface area (Å²) in [6.45, 7) is 11.7. The molecule has 114 valence electrons. The van der Waals surface area contributed by atoms with Crippen LogP contribution in [0.25, 0.3) is 0 Å². The van der Waals surface area contributed by atoms with Gasteiger partial charge in [-0.05, 0) is 35.1 Å². The highest BCUT2D eigenvalue weighted by molar-refractivity contribution is 8.00. The Labute approximate surface area is 140 Å². The van der Waals surface area contributed by atoms with Gasteiger partial charge >= 0.3 is 0 Å². The minimum Gasteiger partial charge on any atom is -0.175 e. The van der Waals surface area contributed by atoms with E-state index in [0.29, 0.717) is 5.41 Å². The predicted molar refractivity (Wildman–Crippen MR) is 100 cm³/mol. The summed E-state index contributed by atoms with van der Waals surface area (Å²) in [7, 11) is 0. The topological polar surface area (TPSA) is 0 Å². The van der Waals surface area contributed by atoms with Crippen molar-refractivity contribution in [2.24, 2.45) is 5.41 Å². The lowest BCUT2D eigenvalue weighted by atomic mass is 9.81. The molecule has 20 heavy (non-hydrogen) atoms. The van der Waals surface area contributed by atoms with E-state index in [1.807, 2.05) is 11.8 Å². The van der Waals surface area contributed by atoms with E-state index in [1.54, 1.807) is 0 Å². The molecule has 0 amide bonds. The molecule has 3 heteroatoms. The lowest BCUT2D eigenvalue weighted by Crippen LogP contribution is -2.25. The molecule has 0 aliphatic rings. The molecular weight excluding hydrogens is 300 g/mol. The Bertz CT molecular complexity index is 414. The van der Waals surface area contributed by atoms with Crippen molar-refractivity contribution < 1.29 is 0 Å². The summed E-state index contributed by atoms with van der Waals surface area (Å²) in [6.07, 6.45) is 2.43. The van der Waals surface area contributed by atoms with Gasteiger partial charge in [0, 0.05) is 21.1 Å². The van der Waals surface area contributed by atoms with E-state index in [9.17, 15) is 0 Å². The Morgan fingerprint density at radius 3 is 1.85 bits per heavy atom. The zero-order valence-corrected chi connectivity index (χ0v) is 16.0. The molecule has 0 bridgehead atoms. The molecule has 1 aromatic carbocycles. The molecule has 0 N–H and O–H groups in total. The van der Waals surface area contributed by atoms with Crippen molar-refractivity contribution in [2.75, 3.05) is 0 Å². The molecule has 0 aliphatic heterocycles. The highest BCUT2D eigenvalue weighted by Gasteiger charge is 2.28. The van der Waals surface area contributed by atoms with Crippen LogP contribution in [0.3, 0.4) is 0 Å². The molecule has 0 nitrogen and oxygen atoms in total. The van der Waals surface area contributed by atoms with Gasteiger partial charge in [-0.1, -0.05) is 47.1 Å². The molecule has 0 heterocycles. The first-order chi connectivity index (χ1) is 9.21. The van der Waals surface area contributed by atoms with E-state index in [-0.39, 0.29) is 4.75 Å². The van der Waals surface area contributed by atoms with Crippen molar-refractivity contribution in [3.05, 3.63) is 29.3 Å². The lowest BCUT2D eigenvalue weighted by Gasteiger charge is -2.34. The van der Waals surface area contributed by atoms with Crippen LogP contribution in [0.4, 0.5) is 0 Å².